The summed E-state index contributed by atoms with van der Waals surface area (Å²) in [7, 11) is -0.137. The molecule has 0 aliphatic carbocycles. The van der Waals surface area contributed by atoms with Crippen LogP contribution in [0.4, 0.5) is 0 Å². The highest BCUT2D eigenvalue weighted by Crippen LogP contribution is 2.27. The molecule has 1 aromatic rings. The number of nitrogens with zero attached hydrogens (tertiary/aromatic N) is 2. The number of hydrogen-bond acceptors (Lipinski definition) is 4. The first kappa shape index (κ1) is 19.7. The monoisotopic (exact) mass is 374 g/mol. The molecule has 1 atom stereocenters. The minimum absolute atomic E-state index is 0.348. The normalized spacial score (nSPS) is 19.3. The van der Waals surface area contributed by atoms with Crippen LogP contribution in [-0.4, -0.2) is 64.6 Å². The third-order valence-electron chi connectivity index (χ3n) is 4.64. The lowest BCUT2D eigenvalue weighted by Crippen LogP contribution is -2.34. The van der Waals surface area contributed by atoms with E-state index in [-0.39, 0.29) is 0 Å². The molecule has 0 spiro atoms. The number of rotatable bonds is 7. The molecule has 1 fully saturated rings. The van der Waals surface area contributed by atoms with Gasteiger partial charge in [-0.15, -0.1) is 0 Å². The van der Waals surface area contributed by atoms with E-state index in [1.807, 2.05) is 6.92 Å². The Hall–Kier alpha value is -0.660. The van der Waals surface area contributed by atoms with E-state index in [4.69, 9.17) is 16.3 Å². The maximum atomic E-state index is 12.9. The van der Waals surface area contributed by atoms with Crippen LogP contribution in [0, 0.1) is 19.8 Å². The zero-order valence-corrected chi connectivity index (χ0v) is 16.5. The van der Waals surface area contributed by atoms with Gasteiger partial charge in [0.25, 0.3) is 0 Å². The molecular weight excluding hydrogens is 348 g/mol. The summed E-state index contributed by atoms with van der Waals surface area (Å²) in [5.41, 5.74) is 1.46. The Morgan fingerprint density at radius 2 is 2.04 bits per heavy atom. The summed E-state index contributed by atoms with van der Waals surface area (Å²) >= 11 is 6.09. The van der Waals surface area contributed by atoms with Crippen molar-refractivity contribution in [3.05, 3.63) is 28.3 Å². The van der Waals surface area contributed by atoms with Crippen molar-refractivity contribution < 1.29 is 13.2 Å². The first-order valence-electron chi connectivity index (χ1n) is 8.20. The average Bonchev–Trinajstić information content (AvgIpc) is 2.96. The summed E-state index contributed by atoms with van der Waals surface area (Å²) in [6, 6.07) is 3.39. The molecule has 0 aromatic heterocycles. The maximum absolute atomic E-state index is 12.9. The predicted octanol–water partition coefficient (Wildman–Crippen LogP) is 2.55. The van der Waals surface area contributed by atoms with Gasteiger partial charge in [-0.25, -0.2) is 12.7 Å². The first-order valence-corrected chi connectivity index (χ1v) is 10.0. The van der Waals surface area contributed by atoms with E-state index in [0.717, 1.165) is 31.6 Å². The molecule has 1 unspecified atom stereocenters. The summed E-state index contributed by atoms with van der Waals surface area (Å²) < 4.78 is 32.4. The smallest absolute Gasteiger partial charge is 0.243 e. The van der Waals surface area contributed by atoms with Crippen LogP contribution in [0.1, 0.15) is 17.5 Å². The number of aryl methyl sites for hydroxylation is 2. The molecule has 2 rings (SSSR count). The molecule has 136 valence electrons. The van der Waals surface area contributed by atoms with E-state index in [2.05, 4.69) is 4.90 Å². The van der Waals surface area contributed by atoms with Crippen LogP contribution in [0.5, 0.6) is 0 Å². The average molecular weight is 375 g/mol. The molecule has 1 aromatic carbocycles. The third-order valence-corrected chi connectivity index (χ3v) is 7.01. The second-order valence-corrected chi connectivity index (χ2v) is 9.02. The number of likely N-dealkylation sites (tertiary alicyclic amines) is 1. The molecule has 7 heteroatoms. The van der Waals surface area contributed by atoms with Crippen LogP contribution >= 0.6 is 11.6 Å². The number of benzene rings is 1. The minimum Gasteiger partial charge on any atom is -0.383 e. The van der Waals surface area contributed by atoms with Gasteiger partial charge in [0.15, 0.2) is 0 Å². The summed E-state index contributed by atoms with van der Waals surface area (Å²) in [4.78, 5) is 2.67. The topological polar surface area (TPSA) is 49.9 Å². The fourth-order valence-electron chi connectivity index (χ4n) is 3.15. The van der Waals surface area contributed by atoms with Crippen molar-refractivity contribution in [3.63, 3.8) is 0 Å². The van der Waals surface area contributed by atoms with Gasteiger partial charge in [-0.05, 0) is 56.0 Å². The van der Waals surface area contributed by atoms with E-state index in [9.17, 15) is 8.42 Å². The van der Waals surface area contributed by atoms with Gasteiger partial charge in [0.1, 0.15) is 0 Å². The first-order chi connectivity index (χ1) is 11.3. The van der Waals surface area contributed by atoms with Crippen LogP contribution in [0.2, 0.25) is 5.02 Å². The van der Waals surface area contributed by atoms with E-state index < -0.39 is 10.0 Å². The Morgan fingerprint density at radius 1 is 1.33 bits per heavy atom. The van der Waals surface area contributed by atoms with Gasteiger partial charge in [0.05, 0.1) is 11.5 Å². The highest BCUT2D eigenvalue weighted by molar-refractivity contribution is 7.89. The van der Waals surface area contributed by atoms with Gasteiger partial charge < -0.3 is 9.64 Å². The molecular formula is C17H27ClN2O3S. The standard InChI is InChI=1S/C17H27ClN2O3S/c1-13-10-17(14(2)9-16(13)18)24(21,22)19(3)11-15-5-6-20(12-15)7-8-23-4/h9-10,15H,5-8,11-12H2,1-4H3. The number of hydrogen-bond donors (Lipinski definition) is 0. The zero-order chi connectivity index (χ0) is 17.9. The predicted molar refractivity (Wildman–Crippen MR) is 97.2 cm³/mol. The van der Waals surface area contributed by atoms with Crippen molar-refractivity contribution in [3.8, 4) is 0 Å². The number of methoxy groups -OCH3 is 1. The molecule has 0 radical (unpaired) electrons. The van der Waals surface area contributed by atoms with E-state index in [1.165, 1.54) is 4.31 Å². The van der Waals surface area contributed by atoms with E-state index >= 15 is 0 Å². The molecule has 5 nitrogen and oxygen atoms in total. The van der Waals surface area contributed by atoms with Crippen molar-refractivity contribution >= 4 is 21.6 Å². The van der Waals surface area contributed by atoms with Crippen molar-refractivity contribution in [2.75, 3.05) is 46.9 Å². The fourth-order valence-corrected chi connectivity index (χ4v) is 4.90. The molecule has 0 amide bonds. The Bertz CT molecular complexity index is 679. The van der Waals surface area contributed by atoms with E-state index in [1.54, 1.807) is 33.2 Å². The second kappa shape index (κ2) is 8.15. The van der Waals surface area contributed by atoms with E-state index in [0.29, 0.717) is 34.6 Å². The molecule has 0 saturated carbocycles. The number of ether oxygens (including phenoxy) is 1. The highest BCUT2D eigenvalue weighted by Gasteiger charge is 2.29. The van der Waals surface area contributed by atoms with Crippen LogP contribution in [0.3, 0.4) is 0 Å². The lowest BCUT2D eigenvalue weighted by molar-refractivity contribution is 0.158. The van der Waals surface area contributed by atoms with Crippen molar-refractivity contribution in [1.82, 2.24) is 9.21 Å². The lowest BCUT2D eigenvalue weighted by atomic mass is 10.1. The van der Waals surface area contributed by atoms with Crippen LogP contribution in [0.25, 0.3) is 0 Å². The van der Waals surface area contributed by atoms with Gasteiger partial charge in [-0.3, -0.25) is 0 Å². The Labute approximate surface area is 150 Å². The molecule has 0 bridgehead atoms. The van der Waals surface area contributed by atoms with Crippen molar-refractivity contribution in [1.29, 1.82) is 0 Å². The third kappa shape index (κ3) is 4.49. The second-order valence-electron chi connectivity index (χ2n) is 6.60. The van der Waals surface area contributed by atoms with Crippen molar-refractivity contribution in [2.24, 2.45) is 5.92 Å². The number of halogens is 1. The Kier molecular flexibility index (Phi) is 6.67. The summed E-state index contributed by atoms with van der Waals surface area (Å²) in [6.07, 6.45) is 1.02. The zero-order valence-electron chi connectivity index (χ0n) is 14.9. The fraction of sp³-hybridized carbons (Fsp3) is 0.647. The molecule has 24 heavy (non-hydrogen) atoms. The van der Waals surface area contributed by atoms with Gasteiger partial charge in [0.2, 0.25) is 10.0 Å². The summed E-state index contributed by atoms with van der Waals surface area (Å²) in [6.45, 7) is 7.68. The molecule has 1 aliphatic heterocycles. The van der Waals surface area contributed by atoms with Gasteiger partial charge in [0, 0.05) is 38.8 Å². The van der Waals surface area contributed by atoms with Gasteiger partial charge in [-0.2, -0.15) is 0 Å². The lowest BCUT2D eigenvalue weighted by Gasteiger charge is -2.22. The summed E-state index contributed by atoms with van der Waals surface area (Å²) in [5, 5.41) is 0.596. The molecule has 1 heterocycles. The summed E-state index contributed by atoms with van der Waals surface area (Å²) in [5.74, 6) is 0.357. The highest BCUT2D eigenvalue weighted by atomic mass is 35.5. The Morgan fingerprint density at radius 3 is 2.71 bits per heavy atom. The van der Waals surface area contributed by atoms with Crippen LogP contribution in [0.15, 0.2) is 17.0 Å². The van der Waals surface area contributed by atoms with Crippen LogP contribution < -0.4 is 0 Å². The Balaban J connectivity index is 2.06. The quantitative estimate of drug-likeness (QED) is 0.736. The minimum atomic E-state index is -3.50. The number of sulfonamides is 1. The van der Waals surface area contributed by atoms with Crippen LogP contribution in [-0.2, 0) is 14.8 Å². The van der Waals surface area contributed by atoms with Gasteiger partial charge >= 0.3 is 0 Å². The van der Waals surface area contributed by atoms with Crippen molar-refractivity contribution in [2.45, 2.75) is 25.2 Å². The SMILES string of the molecule is COCCN1CCC(CN(C)S(=O)(=O)c2cc(C)c(Cl)cc2C)C1. The van der Waals surface area contributed by atoms with Gasteiger partial charge in [-0.1, -0.05) is 11.6 Å². The largest absolute Gasteiger partial charge is 0.383 e. The molecule has 0 N–H and O–H groups in total. The molecule has 1 aliphatic rings. The maximum Gasteiger partial charge on any atom is 0.243 e. The molecule has 1 saturated heterocycles.